The third-order valence-electron chi connectivity index (χ3n) is 2.35. The Hall–Kier alpha value is -0.0800. The highest BCUT2D eigenvalue weighted by molar-refractivity contribution is 6.18. The van der Waals surface area contributed by atoms with Crippen molar-refractivity contribution in [3.63, 3.8) is 0 Å². The van der Waals surface area contributed by atoms with Gasteiger partial charge >= 0.3 is 0 Å². The number of halogens is 1. The lowest BCUT2D eigenvalue weighted by Gasteiger charge is -2.31. The Kier molecular flexibility index (Phi) is 5.10. The molecule has 0 aromatic carbocycles. The van der Waals surface area contributed by atoms with Crippen molar-refractivity contribution < 1.29 is 9.53 Å². The molecule has 0 spiro atoms. The summed E-state index contributed by atoms with van der Waals surface area (Å²) < 4.78 is 5.51. The summed E-state index contributed by atoms with van der Waals surface area (Å²) in [5.41, 5.74) is -0.587. The van der Waals surface area contributed by atoms with E-state index in [2.05, 4.69) is 20.8 Å². The molecular weight excluding hydrogens is 200 g/mol. The molecule has 0 aliphatic rings. The topological polar surface area (TPSA) is 26.3 Å². The molecule has 0 radical (unpaired) electrons. The second-order valence-corrected chi connectivity index (χ2v) is 5.56. The number of carbonyl (C=O) groups excluding carboxylic acids is 1. The average molecular weight is 221 g/mol. The van der Waals surface area contributed by atoms with Crippen LogP contribution in [0.4, 0.5) is 0 Å². The van der Waals surface area contributed by atoms with Gasteiger partial charge in [-0.15, -0.1) is 11.6 Å². The lowest BCUT2D eigenvalue weighted by Crippen LogP contribution is -2.34. The zero-order valence-corrected chi connectivity index (χ0v) is 10.5. The minimum atomic E-state index is -0.699. The zero-order chi connectivity index (χ0) is 11.4. The first kappa shape index (κ1) is 13.9. The molecule has 14 heavy (non-hydrogen) atoms. The summed E-state index contributed by atoms with van der Waals surface area (Å²) in [6.07, 6.45) is 0.820. The van der Waals surface area contributed by atoms with Crippen LogP contribution in [0.3, 0.4) is 0 Å². The van der Waals surface area contributed by atoms with Gasteiger partial charge in [0.2, 0.25) is 0 Å². The summed E-state index contributed by atoms with van der Waals surface area (Å²) in [6.45, 7) is 10.4. The first-order valence-electron chi connectivity index (χ1n) is 4.89. The molecule has 0 N–H and O–H groups in total. The SMILES string of the molecule is CC(C)(C=O)OCC(CCl)C(C)(C)C. The first-order chi connectivity index (χ1) is 6.23. The molecule has 0 aliphatic heterocycles. The Morgan fingerprint density at radius 2 is 1.79 bits per heavy atom. The van der Waals surface area contributed by atoms with E-state index in [0.717, 1.165) is 6.29 Å². The van der Waals surface area contributed by atoms with Gasteiger partial charge < -0.3 is 9.53 Å². The van der Waals surface area contributed by atoms with Crippen LogP contribution in [-0.2, 0) is 9.53 Å². The van der Waals surface area contributed by atoms with Crippen LogP contribution in [0.15, 0.2) is 0 Å². The third-order valence-corrected chi connectivity index (χ3v) is 2.72. The standard InChI is InChI=1S/C11H21ClO2/c1-10(2,3)9(6-12)7-14-11(4,5)8-13/h8-9H,6-7H2,1-5H3. The van der Waals surface area contributed by atoms with Gasteiger partial charge in [-0.1, -0.05) is 20.8 Å². The van der Waals surface area contributed by atoms with Crippen molar-refractivity contribution in [2.24, 2.45) is 11.3 Å². The Bertz CT molecular complexity index is 182. The van der Waals surface area contributed by atoms with Crippen molar-refractivity contribution in [1.82, 2.24) is 0 Å². The van der Waals surface area contributed by atoms with Crippen LogP contribution < -0.4 is 0 Å². The second-order valence-electron chi connectivity index (χ2n) is 5.25. The largest absolute Gasteiger partial charge is 0.368 e. The van der Waals surface area contributed by atoms with E-state index < -0.39 is 5.60 Å². The first-order valence-corrected chi connectivity index (χ1v) is 5.42. The molecule has 0 aromatic heterocycles. The van der Waals surface area contributed by atoms with E-state index in [1.54, 1.807) is 13.8 Å². The van der Waals surface area contributed by atoms with Crippen molar-refractivity contribution in [2.45, 2.75) is 40.2 Å². The Morgan fingerprint density at radius 3 is 2.07 bits per heavy atom. The van der Waals surface area contributed by atoms with Crippen LogP contribution in [0.5, 0.6) is 0 Å². The maximum Gasteiger partial charge on any atom is 0.151 e. The lowest BCUT2D eigenvalue weighted by molar-refractivity contribution is -0.129. The molecule has 1 unspecified atom stereocenters. The minimum absolute atomic E-state index is 0.112. The summed E-state index contributed by atoms with van der Waals surface area (Å²) in [4.78, 5) is 10.6. The van der Waals surface area contributed by atoms with Crippen molar-refractivity contribution in [1.29, 1.82) is 0 Å². The third kappa shape index (κ3) is 4.97. The highest BCUT2D eigenvalue weighted by Gasteiger charge is 2.27. The smallest absolute Gasteiger partial charge is 0.151 e. The second kappa shape index (κ2) is 5.13. The van der Waals surface area contributed by atoms with Crippen LogP contribution in [-0.4, -0.2) is 24.4 Å². The number of aldehydes is 1. The van der Waals surface area contributed by atoms with Gasteiger partial charge in [0.1, 0.15) is 5.60 Å². The average Bonchev–Trinajstić information content (AvgIpc) is 2.03. The Morgan fingerprint density at radius 1 is 1.29 bits per heavy atom. The van der Waals surface area contributed by atoms with E-state index in [9.17, 15) is 4.79 Å². The summed E-state index contributed by atoms with van der Waals surface area (Å²) >= 11 is 5.86. The molecule has 0 rings (SSSR count). The van der Waals surface area contributed by atoms with Gasteiger partial charge in [-0.25, -0.2) is 0 Å². The molecule has 0 amide bonds. The van der Waals surface area contributed by atoms with Crippen LogP contribution >= 0.6 is 11.6 Å². The minimum Gasteiger partial charge on any atom is -0.368 e. The molecular formula is C11H21ClO2. The predicted molar refractivity (Wildman–Crippen MR) is 59.8 cm³/mol. The summed E-state index contributed by atoms with van der Waals surface area (Å²) in [6, 6.07) is 0. The number of hydrogen-bond donors (Lipinski definition) is 0. The highest BCUT2D eigenvalue weighted by atomic mass is 35.5. The Balaban J connectivity index is 4.16. The van der Waals surface area contributed by atoms with E-state index in [0.29, 0.717) is 12.5 Å². The number of ether oxygens (including phenoxy) is 1. The van der Waals surface area contributed by atoms with E-state index in [1.807, 2.05) is 0 Å². The van der Waals surface area contributed by atoms with Gasteiger partial charge in [0.25, 0.3) is 0 Å². The maximum absolute atomic E-state index is 10.6. The monoisotopic (exact) mass is 220 g/mol. The van der Waals surface area contributed by atoms with Crippen molar-refractivity contribution in [3.05, 3.63) is 0 Å². The van der Waals surface area contributed by atoms with Crippen molar-refractivity contribution in [3.8, 4) is 0 Å². The van der Waals surface area contributed by atoms with Crippen LogP contribution in [0.25, 0.3) is 0 Å². The molecule has 0 saturated heterocycles. The Labute approximate surface area is 92.0 Å². The van der Waals surface area contributed by atoms with Gasteiger partial charge in [-0.05, 0) is 19.3 Å². The highest BCUT2D eigenvalue weighted by Crippen LogP contribution is 2.28. The molecule has 84 valence electrons. The van der Waals surface area contributed by atoms with E-state index in [4.69, 9.17) is 16.3 Å². The van der Waals surface area contributed by atoms with E-state index in [-0.39, 0.29) is 11.3 Å². The lowest BCUT2D eigenvalue weighted by atomic mass is 9.82. The summed E-state index contributed by atoms with van der Waals surface area (Å²) in [7, 11) is 0. The molecule has 3 heteroatoms. The molecule has 0 saturated carbocycles. The fraction of sp³-hybridized carbons (Fsp3) is 0.909. The van der Waals surface area contributed by atoms with Crippen molar-refractivity contribution in [2.75, 3.05) is 12.5 Å². The van der Waals surface area contributed by atoms with Gasteiger partial charge in [-0.3, -0.25) is 0 Å². The quantitative estimate of drug-likeness (QED) is 0.526. The normalized spacial score (nSPS) is 15.3. The molecule has 0 fully saturated rings. The maximum atomic E-state index is 10.6. The molecule has 0 heterocycles. The number of alkyl halides is 1. The van der Waals surface area contributed by atoms with Crippen LogP contribution in [0, 0.1) is 11.3 Å². The number of hydrogen-bond acceptors (Lipinski definition) is 2. The zero-order valence-electron chi connectivity index (χ0n) is 9.76. The fourth-order valence-corrected chi connectivity index (χ4v) is 1.43. The molecule has 0 aromatic rings. The summed E-state index contributed by atoms with van der Waals surface area (Å²) in [5.74, 6) is 0.821. The molecule has 0 aliphatic carbocycles. The number of carbonyl (C=O) groups is 1. The molecule has 1 atom stereocenters. The number of rotatable bonds is 5. The molecule has 2 nitrogen and oxygen atoms in total. The molecule has 0 bridgehead atoms. The van der Waals surface area contributed by atoms with Crippen molar-refractivity contribution >= 4 is 17.9 Å². The predicted octanol–water partition coefficient (Wildman–Crippen LogP) is 2.88. The van der Waals surface area contributed by atoms with Crippen LogP contribution in [0.1, 0.15) is 34.6 Å². The fourth-order valence-electron chi connectivity index (χ4n) is 0.875. The summed E-state index contributed by atoms with van der Waals surface area (Å²) in [5, 5.41) is 0. The van der Waals surface area contributed by atoms with E-state index in [1.165, 1.54) is 0 Å². The van der Waals surface area contributed by atoms with Crippen LogP contribution in [0.2, 0.25) is 0 Å². The van der Waals surface area contributed by atoms with Gasteiger partial charge in [0.05, 0.1) is 6.61 Å². The van der Waals surface area contributed by atoms with Gasteiger partial charge in [0, 0.05) is 11.8 Å². The van der Waals surface area contributed by atoms with Gasteiger partial charge in [0.15, 0.2) is 6.29 Å². The van der Waals surface area contributed by atoms with Gasteiger partial charge in [-0.2, -0.15) is 0 Å². The van der Waals surface area contributed by atoms with E-state index >= 15 is 0 Å².